The summed E-state index contributed by atoms with van der Waals surface area (Å²) < 4.78 is 0. The van der Waals surface area contributed by atoms with Gasteiger partial charge in [0.05, 0.1) is 5.69 Å². The van der Waals surface area contributed by atoms with Crippen molar-refractivity contribution in [2.45, 2.75) is 6.42 Å². The predicted molar refractivity (Wildman–Crippen MR) is 78.1 cm³/mol. The first-order valence-corrected chi connectivity index (χ1v) is 6.89. The fourth-order valence-electron chi connectivity index (χ4n) is 1.38. The van der Waals surface area contributed by atoms with E-state index in [9.17, 15) is 0 Å². The Hall–Kier alpha value is -1.51. The van der Waals surface area contributed by atoms with Crippen LogP contribution >= 0.6 is 11.8 Å². The van der Waals surface area contributed by atoms with Crippen LogP contribution in [0.2, 0.25) is 0 Å². The maximum atomic E-state index is 8.55. The number of rotatable bonds is 4. The van der Waals surface area contributed by atoms with Crippen molar-refractivity contribution < 1.29 is 0 Å². The van der Waals surface area contributed by atoms with E-state index in [0.717, 1.165) is 18.7 Å². The Labute approximate surface area is 113 Å². The molecule has 0 spiro atoms. The van der Waals surface area contributed by atoms with Gasteiger partial charge in [-0.3, -0.25) is 5.32 Å². The van der Waals surface area contributed by atoms with Crippen molar-refractivity contribution in [1.29, 1.82) is 5.26 Å². The van der Waals surface area contributed by atoms with E-state index >= 15 is 0 Å². The number of amidine groups is 1. The molecule has 0 aromatic heterocycles. The van der Waals surface area contributed by atoms with E-state index in [2.05, 4.69) is 41.4 Å². The molecule has 1 rings (SSSR count). The lowest BCUT2D eigenvalue weighted by atomic mass is 10.1. The van der Waals surface area contributed by atoms with Crippen LogP contribution < -0.4 is 5.32 Å². The zero-order valence-corrected chi connectivity index (χ0v) is 11.8. The van der Waals surface area contributed by atoms with Gasteiger partial charge in [0.15, 0.2) is 11.4 Å². The van der Waals surface area contributed by atoms with Crippen LogP contribution in [0, 0.1) is 11.5 Å². The molecule has 18 heavy (non-hydrogen) atoms. The third kappa shape index (κ3) is 5.21. The van der Waals surface area contributed by atoms with Gasteiger partial charge >= 0.3 is 0 Å². The molecule has 0 aliphatic heterocycles. The van der Waals surface area contributed by atoms with Crippen LogP contribution in [-0.4, -0.2) is 37.0 Å². The van der Waals surface area contributed by atoms with E-state index in [0.29, 0.717) is 5.17 Å². The van der Waals surface area contributed by atoms with Crippen LogP contribution in [0.4, 0.5) is 5.69 Å². The third-order valence-corrected chi connectivity index (χ3v) is 2.95. The van der Waals surface area contributed by atoms with Gasteiger partial charge < -0.3 is 4.90 Å². The average Bonchev–Trinajstić information content (AvgIpc) is 2.37. The second-order valence-electron chi connectivity index (χ2n) is 4.08. The molecule has 0 aliphatic rings. The predicted octanol–water partition coefficient (Wildman–Crippen LogP) is 2.21. The summed E-state index contributed by atoms with van der Waals surface area (Å²) in [5.41, 5.74) is 2.15. The van der Waals surface area contributed by atoms with Crippen molar-refractivity contribution in [2.24, 2.45) is 4.99 Å². The number of nitrogens with zero attached hydrogens (tertiary/aromatic N) is 3. The quantitative estimate of drug-likeness (QED) is 0.391. The fourth-order valence-corrected chi connectivity index (χ4v) is 1.72. The minimum Gasteiger partial charge on any atom is -0.309 e. The van der Waals surface area contributed by atoms with Gasteiger partial charge in [0, 0.05) is 6.54 Å². The summed E-state index contributed by atoms with van der Waals surface area (Å²) in [6.45, 7) is 1.04. The maximum Gasteiger partial charge on any atom is 0.183 e. The number of nitrogens with one attached hydrogen (secondary N) is 1. The highest BCUT2D eigenvalue weighted by molar-refractivity contribution is 8.13. The minimum atomic E-state index is 0.610. The minimum absolute atomic E-state index is 0.610. The third-order valence-electron chi connectivity index (χ3n) is 2.37. The number of hydrogen-bond acceptors (Lipinski definition) is 4. The van der Waals surface area contributed by atoms with Gasteiger partial charge in [0.2, 0.25) is 0 Å². The molecule has 0 radical (unpaired) electrons. The summed E-state index contributed by atoms with van der Waals surface area (Å²) in [7, 11) is 4.13. The van der Waals surface area contributed by atoms with Crippen LogP contribution in [-0.2, 0) is 6.42 Å². The molecule has 96 valence electrons. The molecule has 0 atom stereocenters. The summed E-state index contributed by atoms with van der Waals surface area (Å²) >= 11 is 1.42. The van der Waals surface area contributed by atoms with Gasteiger partial charge in [-0.05, 0) is 44.5 Å². The van der Waals surface area contributed by atoms with Crippen molar-refractivity contribution in [1.82, 2.24) is 10.2 Å². The molecule has 0 fully saturated rings. The summed E-state index contributed by atoms with van der Waals surface area (Å²) in [4.78, 5) is 6.50. The van der Waals surface area contributed by atoms with Crippen molar-refractivity contribution in [3.63, 3.8) is 0 Å². The zero-order valence-electron chi connectivity index (χ0n) is 11.0. The normalized spacial score (nSPS) is 11.4. The Morgan fingerprint density at radius 3 is 2.56 bits per heavy atom. The Morgan fingerprint density at radius 2 is 2.06 bits per heavy atom. The molecule has 0 saturated heterocycles. The maximum absolute atomic E-state index is 8.55. The molecule has 0 saturated carbocycles. The van der Waals surface area contributed by atoms with Crippen molar-refractivity contribution >= 4 is 22.6 Å². The molecule has 5 heteroatoms. The first-order valence-electron chi connectivity index (χ1n) is 5.67. The van der Waals surface area contributed by atoms with Crippen LogP contribution in [0.1, 0.15) is 5.56 Å². The molecule has 0 aliphatic carbocycles. The first-order chi connectivity index (χ1) is 8.65. The number of aliphatic imine (C=N–C) groups is 1. The molecular formula is C13H18N4S. The van der Waals surface area contributed by atoms with Gasteiger partial charge in [-0.1, -0.05) is 23.9 Å². The Morgan fingerprint density at radius 1 is 1.39 bits per heavy atom. The number of thioether (sulfide) groups is 1. The monoisotopic (exact) mass is 262 g/mol. The summed E-state index contributed by atoms with van der Waals surface area (Å²) in [5.74, 6) is 0. The lowest BCUT2D eigenvalue weighted by molar-refractivity contribution is 0.413. The number of likely N-dealkylation sites (N-methyl/N-ethyl adjacent to an activating group) is 1. The average molecular weight is 262 g/mol. The largest absolute Gasteiger partial charge is 0.309 e. The second kappa shape index (κ2) is 7.75. The molecule has 0 heterocycles. The second-order valence-corrected chi connectivity index (χ2v) is 4.87. The number of hydrogen-bond donors (Lipinski definition) is 1. The van der Waals surface area contributed by atoms with Gasteiger partial charge in [0.1, 0.15) is 0 Å². The highest BCUT2D eigenvalue weighted by Gasteiger charge is 1.98. The highest BCUT2D eigenvalue weighted by atomic mass is 32.2. The van der Waals surface area contributed by atoms with Crippen LogP contribution in [0.15, 0.2) is 29.3 Å². The smallest absolute Gasteiger partial charge is 0.183 e. The van der Waals surface area contributed by atoms with Gasteiger partial charge in [0.25, 0.3) is 0 Å². The van der Waals surface area contributed by atoms with E-state index in [1.165, 1.54) is 17.3 Å². The van der Waals surface area contributed by atoms with Crippen LogP contribution in [0.25, 0.3) is 0 Å². The first kappa shape index (κ1) is 14.6. The van der Waals surface area contributed by atoms with E-state index in [1.54, 1.807) is 0 Å². The fraction of sp³-hybridized carbons (Fsp3) is 0.385. The lowest BCUT2D eigenvalue weighted by Gasteiger charge is -2.09. The molecule has 1 aromatic rings. The molecular weight excluding hydrogens is 244 g/mol. The Balaban J connectivity index is 2.67. The highest BCUT2D eigenvalue weighted by Crippen LogP contribution is 2.15. The SMILES string of the molecule is CSC(=Nc1ccc(CCN(C)C)cc1)NC#N. The summed E-state index contributed by atoms with van der Waals surface area (Å²) in [5, 5.41) is 11.7. The van der Waals surface area contributed by atoms with Crippen LogP contribution in [0.5, 0.6) is 0 Å². The summed E-state index contributed by atoms with van der Waals surface area (Å²) in [6.07, 6.45) is 4.79. The standard InChI is InChI=1S/C13H18N4S/c1-17(2)9-8-11-4-6-12(7-5-11)16-13(18-3)15-10-14/h4-7H,8-9H2,1-3H3,(H,15,16). The van der Waals surface area contributed by atoms with E-state index in [1.807, 2.05) is 24.6 Å². The van der Waals surface area contributed by atoms with E-state index < -0.39 is 0 Å². The van der Waals surface area contributed by atoms with Crippen molar-refractivity contribution in [3.05, 3.63) is 29.8 Å². The summed E-state index contributed by atoms with van der Waals surface area (Å²) in [6, 6.07) is 8.10. The molecule has 0 unspecified atom stereocenters. The van der Waals surface area contributed by atoms with Gasteiger partial charge in [-0.2, -0.15) is 5.26 Å². The number of benzene rings is 1. The van der Waals surface area contributed by atoms with Gasteiger partial charge in [-0.25, -0.2) is 4.99 Å². The van der Waals surface area contributed by atoms with Crippen molar-refractivity contribution in [3.8, 4) is 6.19 Å². The topological polar surface area (TPSA) is 51.4 Å². The number of nitriles is 1. The Kier molecular flexibility index (Phi) is 6.26. The lowest BCUT2D eigenvalue weighted by Crippen LogP contribution is -2.14. The molecule has 1 N–H and O–H groups in total. The molecule has 1 aromatic carbocycles. The van der Waals surface area contributed by atoms with E-state index in [-0.39, 0.29) is 0 Å². The zero-order chi connectivity index (χ0) is 13.4. The van der Waals surface area contributed by atoms with Crippen LogP contribution in [0.3, 0.4) is 0 Å². The van der Waals surface area contributed by atoms with Crippen molar-refractivity contribution in [2.75, 3.05) is 26.9 Å². The van der Waals surface area contributed by atoms with E-state index in [4.69, 9.17) is 5.26 Å². The molecule has 0 bridgehead atoms. The molecule has 0 amide bonds. The Bertz CT molecular complexity index is 431. The molecule has 4 nitrogen and oxygen atoms in total. The van der Waals surface area contributed by atoms with Gasteiger partial charge in [-0.15, -0.1) is 0 Å².